The Bertz CT molecular complexity index is 1300. The number of furan rings is 1. The summed E-state index contributed by atoms with van der Waals surface area (Å²) in [7, 11) is 3.19. The molecular formula is C27H31N5O3. The molecule has 35 heavy (non-hydrogen) atoms. The van der Waals surface area contributed by atoms with E-state index in [1.54, 1.807) is 32.5 Å². The van der Waals surface area contributed by atoms with Crippen LogP contribution in [0.5, 0.6) is 5.75 Å². The van der Waals surface area contributed by atoms with Crippen molar-refractivity contribution in [2.75, 3.05) is 51.0 Å². The van der Waals surface area contributed by atoms with Crippen LogP contribution < -0.4 is 20.7 Å². The van der Waals surface area contributed by atoms with Gasteiger partial charge in [-0.3, -0.25) is 4.79 Å². The van der Waals surface area contributed by atoms with Gasteiger partial charge in [0, 0.05) is 49.6 Å². The number of amides is 1. The number of hydrogen-bond donors (Lipinski definition) is 3. The van der Waals surface area contributed by atoms with E-state index in [9.17, 15) is 4.79 Å². The Morgan fingerprint density at radius 3 is 2.91 bits per heavy atom. The van der Waals surface area contributed by atoms with Crippen molar-refractivity contribution in [3.05, 3.63) is 47.3 Å². The molecule has 0 radical (unpaired) electrons. The minimum Gasteiger partial charge on any atom is -0.495 e. The van der Waals surface area contributed by atoms with Crippen molar-refractivity contribution in [3.63, 3.8) is 0 Å². The highest BCUT2D eigenvalue weighted by Crippen LogP contribution is 2.33. The van der Waals surface area contributed by atoms with Crippen LogP contribution in [0.1, 0.15) is 47.4 Å². The van der Waals surface area contributed by atoms with Crippen molar-refractivity contribution in [1.82, 2.24) is 15.2 Å². The zero-order chi connectivity index (χ0) is 24.4. The first-order valence-corrected chi connectivity index (χ1v) is 12.1. The molecule has 5 bridgehead atoms. The fraction of sp³-hybridized carbons (Fsp3) is 0.407. The SMILES string of the molecule is CNC(=O)c1ccc(NCC#Cc2c3oc4cnc(cc24)NC2CCN(CC2)CC3C)c(OC)c1. The lowest BCUT2D eigenvalue weighted by Gasteiger charge is -2.33. The van der Waals surface area contributed by atoms with Crippen molar-refractivity contribution in [2.24, 2.45) is 0 Å². The van der Waals surface area contributed by atoms with Crippen LogP contribution >= 0.6 is 0 Å². The quantitative estimate of drug-likeness (QED) is 0.498. The summed E-state index contributed by atoms with van der Waals surface area (Å²) in [4.78, 5) is 19.0. The third-order valence-corrected chi connectivity index (χ3v) is 6.79. The number of fused-ring (bicyclic) bond motifs is 3. The molecule has 1 aromatic carbocycles. The van der Waals surface area contributed by atoms with Crippen LogP contribution in [0.4, 0.5) is 11.5 Å². The molecule has 0 aliphatic carbocycles. The Hall–Kier alpha value is -3.70. The second kappa shape index (κ2) is 9.88. The first-order chi connectivity index (χ1) is 17.1. The van der Waals surface area contributed by atoms with Gasteiger partial charge in [0.25, 0.3) is 5.91 Å². The number of anilines is 2. The van der Waals surface area contributed by atoms with E-state index in [1.165, 1.54) is 0 Å². The first kappa shape index (κ1) is 23.1. The molecule has 2 aromatic heterocycles. The predicted molar refractivity (Wildman–Crippen MR) is 137 cm³/mol. The van der Waals surface area contributed by atoms with E-state index in [1.807, 2.05) is 6.07 Å². The summed E-state index contributed by atoms with van der Waals surface area (Å²) in [5.74, 6) is 9.08. The summed E-state index contributed by atoms with van der Waals surface area (Å²) in [6.07, 6.45) is 4.05. The lowest BCUT2D eigenvalue weighted by atomic mass is 9.98. The van der Waals surface area contributed by atoms with E-state index in [4.69, 9.17) is 9.15 Å². The number of aromatic nitrogens is 1. The number of hydrogen-bond acceptors (Lipinski definition) is 7. The second-order valence-electron chi connectivity index (χ2n) is 9.18. The Kier molecular flexibility index (Phi) is 6.51. The molecule has 0 spiro atoms. The molecule has 1 atom stereocenters. The van der Waals surface area contributed by atoms with Crippen molar-refractivity contribution in [2.45, 2.75) is 31.7 Å². The molecule has 182 valence electrons. The first-order valence-electron chi connectivity index (χ1n) is 12.1. The Labute approximate surface area is 205 Å². The van der Waals surface area contributed by atoms with Gasteiger partial charge in [-0.1, -0.05) is 18.8 Å². The van der Waals surface area contributed by atoms with Gasteiger partial charge in [0.2, 0.25) is 0 Å². The van der Waals surface area contributed by atoms with Crippen LogP contribution in [0.25, 0.3) is 11.0 Å². The molecule has 5 heterocycles. The van der Waals surface area contributed by atoms with Crippen molar-refractivity contribution < 1.29 is 13.9 Å². The normalized spacial score (nSPS) is 20.9. The molecule has 1 saturated heterocycles. The molecule has 0 saturated carbocycles. The topological polar surface area (TPSA) is 91.7 Å². The number of methoxy groups -OCH3 is 1. The molecule has 3 aliphatic rings. The maximum absolute atomic E-state index is 11.9. The van der Waals surface area contributed by atoms with E-state index in [-0.39, 0.29) is 11.8 Å². The third-order valence-electron chi connectivity index (χ3n) is 6.79. The number of rotatable bonds is 4. The standard InChI is InChI=1S/C27H31N5O3/c1-17-16-32-11-8-19(9-12-32)31-25-14-21-20(26(17)35-24(21)15-30-25)5-4-10-29-22-7-6-18(27(33)28-2)13-23(22)34-3/h6-7,13-15,17,19,29H,8-12,16H2,1-3H3,(H,28,33)(H,30,31). The minimum absolute atomic E-state index is 0.157. The van der Waals surface area contributed by atoms with Crippen LogP contribution in [0.3, 0.4) is 0 Å². The van der Waals surface area contributed by atoms with Gasteiger partial charge < -0.3 is 30.0 Å². The average molecular weight is 474 g/mol. The predicted octanol–water partition coefficient (Wildman–Crippen LogP) is 3.65. The number of nitrogens with one attached hydrogen (secondary N) is 3. The zero-order valence-corrected chi connectivity index (χ0v) is 20.4. The maximum Gasteiger partial charge on any atom is 0.251 e. The monoisotopic (exact) mass is 473 g/mol. The van der Waals surface area contributed by atoms with Gasteiger partial charge in [0.1, 0.15) is 17.3 Å². The highest BCUT2D eigenvalue weighted by molar-refractivity contribution is 5.95. The van der Waals surface area contributed by atoms with Crippen molar-refractivity contribution in [1.29, 1.82) is 0 Å². The van der Waals surface area contributed by atoms with Gasteiger partial charge in [-0.15, -0.1) is 0 Å². The number of pyridine rings is 1. The summed E-state index contributed by atoms with van der Waals surface area (Å²) in [6, 6.07) is 7.82. The van der Waals surface area contributed by atoms with Crippen molar-refractivity contribution >= 4 is 28.4 Å². The molecule has 3 aromatic rings. The molecule has 8 nitrogen and oxygen atoms in total. The van der Waals surface area contributed by atoms with Gasteiger partial charge in [-0.25, -0.2) is 4.98 Å². The summed E-state index contributed by atoms with van der Waals surface area (Å²) in [5.41, 5.74) is 3.02. The number of nitrogens with zero attached hydrogens (tertiary/aromatic N) is 2. The molecule has 3 aliphatic heterocycles. The highest BCUT2D eigenvalue weighted by atomic mass is 16.5. The van der Waals surface area contributed by atoms with Crippen LogP contribution in [-0.2, 0) is 0 Å². The van der Waals surface area contributed by atoms with Crippen LogP contribution in [0.15, 0.2) is 34.9 Å². The van der Waals surface area contributed by atoms with Crippen LogP contribution in [0.2, 0.25) is 0 Å². The fourth-order valence-electron chi connectivity index (χ4n) is 4.91. The van der Waals surface area contributed by atoms with Crippen molar-refractivity contribution in [3.8, 4) is 17.6 Å². The lowest BCUT2D eigenvalue weighted by Crippen LogP contribution is -2.40. The summed E-state index contributed by atoms with van der Waals surface area (Å²) < 4.78 is 11.7. The van der Waals surface area contributed by atoms with E-state index in [2.05, 4.69) is 50.7 Å². The molecule has 6 rings (SSSR count). The third kappa shape index (κ3) is 4.77. The summed E-state index contributed by atoms with van der Waals surface area (Å²) >= 11 is 0. The highest BCUT2D eigenvalue weighted by Gasteiger charge is 2.26. The van der Waals surface area contributed by atoms with E-state index in [0.29, 0.717) is 23.9 Å². The molecular weight excluding hydrogens is 442 g/mol. The average Bonchev–Trinajstić information content (AvgIpc) is 3.25. The number of benzene rings is 1. The second-order valence-corrected chi connectivity index (χ2v) is 9.18. The molecule has 1 amide bonds. The number of carbonyl (C=O) groups is 1. The number of ether oxygens (including phenoxy) is 1. The van der Waals surface area contributed by atoms with Gasteiger partial charge >= 0.3 is 0 Å². The molecule has 1 unspecified atom stereocenters. The summed E-state index contributed by atoms with van der Waals surface area (Å²) in [6.45, 7) is 5.73. The largest absolute Gasteiger partial charge is 0.495 e. The lowest BCUT2D eigenvalue weighted by molar-refractivity contribution is 0.0963. The maximum atomic E-state index is 11.9. The molecule has 1 fully saturated rings. The van der Waals surface area contributed by atoms with Gasteiger partial charge in [0.15, 0.2) is 5.58 Å². The number of piperidine rings is 1. The van der Waals surface area contributed by atoms with E-state index < -0.39 is 0 Å². The Morgan fingerprint density at radius 1 is 1.31 bits per heavy atom. The molecule has 8 heteroatoms. The molecule has 3 N–H and O–H groups in total. The zero-order valence-electron chi connectivity index (χ0n) is 20.4. The minimum atomic E-state index is -0.157. The van der Waals surface area contributed by atoms with Gasteiger partial charge in [-0.05, 0) is 37.1 Å². The van der Waals surface area contributed by atoms with Gasteiger partial charge in [-0.2, -0.15) is 0 Å². The van der Waals surface area contributed by atoms with E-state index in [0.717, 1.165) is 66.3 Å². The van der Waals surface area contributed by atoms with Crippen LogP contribution in [0, 0.1) is 11.8 Å². The Balaban J connectivity index is 1.42. The number of carbonyl (C=O) groups excluding carboxylic acids is 1. The Morgan fingerprint density at radius 2 is 2.14 bits per heavy atom. The van der Waals surface area contributed by atoms with Gasteiger partial charge in [0.05, 0.1) is 31.1 Å². The summed E-state index contributed by atoms with van der Waals surface area (Å²) in [5, 5.41) is 10.5. The smallest absolute Gasteiger partial charge is 0.251 e. The van der Waals surface area contributed by atoms with Crippen LogP contribution in [-0.4, -0.2) is 62.2 Å². The fourth-order valence-corrected chi connectivity index (χ4v) is 4.91. The van der Waals surface area contributed by atoms with E-state index >= 15 is 0 Å².